The molecule has 0 spiro atoms. The molecule has 0 saturated carbocycles. The Morgan fingerprint density at radius 1 is 0.647 bits per heavy atom. The first kappa shape index (κ1) is 19.5. The van der Waals surface area contributed by atoms with Gasteiger partial charge in [-0.25, -0.2) is 0 Å². The van der Waals surface area contributed by atoms with Crippen LogP contribution in [0, 0.1) is 0 Å². The van der Waals surface area contributed by atoms with Crippen LogP contribution in [0.25, 0.3) is 0 Å². The molecule has 0 radical (unpaired) electrons. The van der Waals surface area contributed by atoms with E-state index in [-0.39, 0.29) is 5.48 Å². The Morgan fingerprint density at radius 2 is 0.824 bits per heavy atom. The first-order chi connectivity index (χ1) is 6.79. The lowest BCUT2D eigenvalue weighted by molar-refractivity contribution is 0.385. The first-order valence-corrected chi connectivity index (χ1v) is 9.82. The summed E-state index contributed by atoms with van der Waals surface area (Å²) in [4.78, 5) is 0. The Kier molecular flexibility index (Phi) is 7.25. The minimum absolute atomic E-state index is 0. The van der Waals surface area contributed by atoms with Gasteiger partial charge in [-0.2, -0.15) is 37.2 Å². The lowest BCUT2D eigenvalue weighted by Gasteiger charge is -2.11. The molecule has 14 heteroatoms. The van der Waals surface area contributed by atoms with Crippen molar-refractivity contribution < 1.29 is 42.6 Å². The molecule has 0 atom stereocenters. The lowest BCUT2D eigenvalue weighted by atomic mass is 12.0. The number of rotatable bonds is 6. The van der Waals surface area contributed by atoms with E-state index in [2.05, 4.69) is 11.9 Å². The Labute approximate surface area is 101 Å². The van der Waals surface area contributed by atoms with Crippen LogP contribution in [0.2, 0.25) is 0 Å². The predicted octanol–water partition coefficient (Wildman–Crippen LogP) is -1.68. The summed E-state index contributed by atoms with van der Waals surface area (Å²) in [5.74, 6) is 0. The molecule has 0 fully saturated rings. The van der Waals surface area contributed by atoms with Gasteiger partial charge in [0.1, 0.15) is 0 Å². The molecule has 17 heavy (non-hydrogen) atoms. The molecule has 0 amide bonds. The third-order valence-electron chi connectivity index (χ3n) is 0.589. The summed E-state index contributed by atoms with van der Waals surface area (Å²) in [5.41, 5.74) is 0. The van der Waals surface area contributed by atoms with E-state index in [1.165, 1.54) is 0 Å². The molecular weight excluding hydrogens is 323 g/mol. The molecule has 0 aromatic rings. The third-order valence-corrected chi connectivity index (χ3v) is 5.30. The van der Waals surface area contributed by atoms with E-state index in [0.29, 0.717) is 18.8 Å². The van der Waals surface area contributed by atoms with Crippen LogP contribution in [0.3, 0.4) is 0 Å². The summed E-state index contributed by atoms with van der Waals surface area (Å²) in [6.07, 6.45) is 1.75. The molecule has 0 rings (SSSR count). The normalized spacial score (nSPS) is 13.4. The molecule has 0 heterocycles. The van der Waals surface area contributed by atoms with Gasteiger partial charge in [0.05, 0.1) is 18.8 Å². The SMILES string of the molecule is CS(=O)(=O)OP(OS(C)(=O)=O)OS(C)(=O)=O.O. The monoisotopic (exact) mass is 334 g/mol. The van der Waals surface area contributed by atoms with Gasteiger partial charge in [-0.1, -0.05) is 0 Å². The summed E-state index contributed by atoms with van der Waals surface area (Å²) in [6, 6.07) is 0. The molecule has 0 aromatic heterocycles. The van der Waals surface area contributed by atoms with Crippen molar-refractivity contribution in [3.05, 3.63) is 0 Å². The Bertz CT molecular complexity index is 447. The highest BCUT2D eigenvalue weighted by atomic mass is 32.3. The van der Waals surface area contributed by atoms with Gasteiger partial charge in [-0.3, -0.25) is 0 Å². The summed E-state index contributed by atoms with van der Waals surface area (Å²) in [5, 5.41) is 0. The smallest absolute Gasteiger partial charge is 0.380 e. The van der Waals surface area contributed by atoms with Gasteiger partial charge in [0.25, 0.3) is 30.4 Å². The van der Waals surface area contributed by atoms with Crippen LogP contribution in [-0.2, 0) is 42.3 Å². The first-order valence-electron chi connectivity index (χ1n) is 3.27. The van der Waals surface area contributed by atoms with Gasteiger partial charge in [-0.15, -0.1) is 0 Å². The van der Waals surface area contributed by atoms with Crippen molar-refractivity contribution in [1.29, 1.82) is 0 Å². The van der Waals surface area contributed by atoms with Crippen LogP contribution in [0.15, 0.2) is 0 Å². The van der Waals surface area contributed by atoms with Crippen LogP contribution in [0.1, 0.15) is 0 Å². The van der Waals surface area contributed by atoms with Crippen molar-refractivity contribution in [3.63, 3.8) is 0 Å². The second-order valence-corrected chi connectivity index (χ2v) is 9.02. The van der Waals surface area contributed by atoms with E-state index in [9.17, 15) is 25.3 Å². The van der Waals surface area contributed by atoms with Crippen molar-refractivity contribution in [2.24, 2.45) is 0 Å². The van der Waals surface area contributed by atoms with E-state index < -0.39 is 39.0 Å². The largest absolute Gasteiger partial charge is 0.412 e. The van der Waals surface area contributed by atoms with Crippen molar-refractivity contribution in [1.82, 2.24) is 0 Å². The maximum atomic E-state index is 10.7. The van der Waals surface area contributed by atoms with Gasteiger partial charge in [-0.05, 0) is 0 Å². The molecule has 2 N–H and O–H groups in total. The molecular formula is C3H11O10PS3. The zero-order valence-corrected chi connectivity index (χ0v) is 12.2. The average Bonchev–Trinajstić information content (AvgIpc) is 1.70. The molecule has 10 nitrogen and oxygen atoms in total. The van der Waals surface area contributed by atoms with Gasteiger partial charge < -0.3 is 5.48 Å². The van der Waals surface area contributed by atoms with Gasteiger partial charge in [0.15, 0.2) is 0 Å². The summed E-state index contributed by atoms with van der Waals surface area (Å²) < 4.78 is 76.0. The summed E-state index contributed by atoms with van der Waals surface area (Å²) in [6.45, 7) is 0. The third kappa shape index (κ3) is 14.1. The highest BCUT2D eigenvalue weighted by Gasteiger charge is 2.28. The van der Waals surface area contributed by atoms with Crippen molar-refractivity contribution >= 4 is 39.0 Å². The molecule has 0 aliphatic heterocycles. The fraction of sp³-hybridized carbons (Fsp3) is 1.00. The number of hydrogen-bond donors (Lipinski definition) is 0. The Hall–Kier alpha value is 0.120. The molecule has 0 aliphatic carbocycles. The zero-order chi connectivity index (χ0) is 13.2. The number of hydrogen-bond acceptors (Lipinski definition) is 9. The average molecular weight is 334 g/mol. The van der Waals surface area contributed by atoms with Crippen LogP contribution in [0.4, 0.5) is 0 Å². The highest BCUT2D eigenvalue weighted by Crippen LogP contribution is 2.44. The molecule has 0 aromatic carbocycles. The summed E-state index contributed by atoms with van der Waals surface area (Å²) >= 11 is 0. The van der Waals surface area contributed by atoms with Crippen molar-refractivity contribution in [2.45, 2.75) is 0 Å². The molecule has 0 bridgehead atoms. The maximum Gasteiger partial charge on any atom is 0.380 e. The van der Waals surface area contributed by atoms with E-state index in [4.69, 9.17) is 0 Å². The topological polar surface area (TPSA) is 162 Å². The molecule has 106 valence electrons. The van der Waals surface area contributed by atoms with Gasteiger partial charge in [0.2, 0.25) is 0 Å². The predicted molar refractivity (Wildman–Crippen MR) is 58.3 cm³/mol. The van der Waals surface area contributed by atoms with E-state index in [1.807, 2.05) is 0 Å². The fourth-order valence-electron chi connectivity index (χ4n) is 0.369. The van der Waals surface area contributed by atoms with Gasteiger partial charge in [0, 0.05) is 0 Å². The standard InChI is InChI=1S/C3H9O9PS3.H2O/c1-14(4,5)10-13(11-15(2,6)7)12-16(3,8)9;/h1-3H3;1H2. The minimum atomic E-state index is -4.12. The molecule has 0 aliphatic rings. The fourth-order valence-corrected chi connectivity index (χ4v) is 3.99. The van der Waals surface area contributed by atoms with E-state index >= 15 is 0 Å². The molecule has 0 saturated heterocycles. The lowest BCUT2D eigenvalue weighted by Crippen LogP contribution is -2.09. The van der Waals surface area contributed by atoms with Crippen molar-refractivity contribution in [2.75, 3.05) is 18.8 Å². The van der Waals surface area contributed by atoms with E-state index in [0.717, 1.165) is 0 Å². The maximum absolute atomic E-state index is 10.7. The molecule has 0 unspecified atom stereocenters. The minimum Gasteiger partial charge on any atom is -0.412 e. The zero-order valence-electron chi connectivity index (χ0n) is 8.85. The second-order valence-electron chi connectivity index (χ2n) is 2.56. The van der Waals surface area contributed by atoms with Crippen LogP contribution >= 0.6 is 8.60 Å². The quantitative estimate of drug-likeness (QED) is 0.516. The van der Waals surface area contributed by atoms with Crippen molar-refractivity contribution in [3.8, 4) is 0 Å². The Morgan fingerprint density at radius 3 is 0.941 bits per heavy atom. The van der Waals surface area contributed by atoms with E-state index in [1.54, 1.807) is 0 Å². The van der Waals surface area contributed by atoms with Gasteiger partial charge >= 0.3 is 8.60 Å². The van der Waals surface area contributed by atoms with Crippen LogP contribution < -0.4 is 0 Å². The highest BCUT2D eigenvalue weighted by molar-refractivity contribution is 7.96. The van der Waals surface area contributed by atoms with Crippen LogP contribution in [0.5, 0.6) is 0 Å². The van der Waals surface area contributed by atoms with Crippen LogP contribution in [-0.4, -0.2) is 49.5 Å². The summed E-state index contributed by atoms with van der Waals surface area (Å²) in [7, 11) is -15.4. The second kappa shape index (κ2) is 6.33. The Balaban J connectivity index is 0.